The molecule has 1 N–H and O–H groups in total. The Kier molecular flexibility index (Phi) is 5.76. The molecule has 35 heavy (non-hydrogen) atoms. The zero-order valence-corrected chi connectivity index (χ0v) is 21.7. The van der Waals surface area contributed by atoms with Crippen LogP contribution in [0.15, 0.2) is 18.2 Å². The molecule has 0 radical (unpaired) electrons. The number of aliphatic hydroxyl groups is 1. The van der Waals surface area contributed by atoms with Crippen LogP contribution in [0.1, 0.15) is 88.4 Å². The van der Waals surface area contributed by atoms with Gasteiger partial charge in [0.15, 0.2) is 17.3 Å². The number of methoxy groups -OCH3 is 1. The van der Waals surface area contributed by atoms with Crippen molar-refractivity contribution in [2.24, 2.45) is 40.4 Å². The predicted octanol–water partition coefficient (Wildman–Crippen LogP) is 6.02. The average Bonchev–Trinajstić information content (AvgIpc) is 3.45. The zero-order chi connectivity index (χ0) is 24.4. The molecule has 6 rings (SSSR count). The Bertz CT molecular complexity index is 987. The Morgan fingerprint density at radius 1 is 1.03 bits per heavy atom. The summed E-state index contributed by atoms with van der Waals surface area (Å²) in [5.41, 5.74) is 0.622. The van der Waals surface area contributed by atoms with Gasteiger partial charge in [-0.25, -0.2) is 0 Å². The number of carbonyl (C=O) groups is 1. The highest BCUT2D eigenvalue weighted by Crippen LogP contribution is 2.69. The molecule has 0 aromatic heterocycles. The molecule has 5 nitrogen and oxygen atoms in total. The lowest BCUT2D eigenvalue weighted by molar-refractivity contribution is -0.160. The molecule has 0 unspecified atom stereocenters. The van der Waals surface area contributed by atoms with Gasteiger partial charge in [-0.3, -0.25) is 4.79 Å². The maximum Gasteiger partial charge on any atom is 0.231 e. The summed E-state index contributed by atoms with van der Waals surface area (Å²) in [6, 6.07) is 5.71. The van der Waals surface area contributed by atoms with Crippen LogP contribution in [0.5, 0.6) is 11.5 Å². The van der Waals surface area contributed by atoms with Gasteiger partial charge >= 0.3 is 0 Å². The first-order chi connectivity index (χ1) is 16.8. The monoisotopic (exact) mass is 482 g/mol. The highest BCUT2D eigenvalue weighted by atomic mass is 16.7. The fourth-order valence-electron chi connectivity index (χ4n) is 9.71. The summed E-state index contributed by atoms with van der Waals surface area (Å²) in [5, 5.41) is 10.9. The summed E-state index contributed by atoms with van der Waals surface area (Å²) in [4.78, 5) is 13.8. The fraction of sp³-hybridized carbons (Fsp3) is 0.767. The Hall–Kier alpha value is -1.59. The lowest BCUT2D eigenvalue weighted by Gasteiger charge is -2.63. The molecule has 1 aliphatic heterocycles. The number of carbonyl (C=O) groups excluding carboxylic acids is 1. The standard InChI is InChI=1S/C30H42O5/c1-28(32)12-13-30(14-15-33-3)20(17-28)5-6-21-22-7-8-24(29(22,2)11-10-23(21)30)27(31)19-4-9-25-26(16-19)35-18-34-25/h4,9,16,20-24,32H,5-8,10-15,17-18H2,1-3H3/t20-,21-,22-,23-,24+,28+,29-,30+/m0/s1. The van der Waals surface area contributed by atoms with Gasteiger partial charge in [0.1, 0.15) is 0 Å². The largest absolute Gasteiger partial charge is 0.454 e. The van der Waals surface area contributed by atoms with Crippen LogP contribution in [-0.2, 0) is 4.74 Å². The second kappa shape index (κ2) is 8.48. The minimum absolute atomic E-state index is 0.0735. The molecule has 4 fully saturated rings. The topological polar surface area (TPSA) is 65.0 Å². The second-order valence-electron chi connectivity index (χ2n) is 12.9. The second-order valence-corrected chi connectivity index (χ2v) is 12.9. The van der Waals surface area contributed by atoms with Gasteiger partial charge in [-0.1, -0.05) is 6.92 Å². The van der Waals surface area contributed by atoms with E-state index in [0.717, 1.165) is 56.4 Å². The highest BCUT2D eigenvalue weighted by Gasteiger charge is 2.62. The van der Waals surface area contributed by atoms with Crippen molar-refractivity contribution in [2.45, 2.75) is 83.7 Å². The summed E-state index contributed by atoms with van der Waals surface area (Å²) >= 11 is 0. The quantitative estimate of drug-likeness (QED) is 0.520. The van der Waals surface area contributed by atoms with Crippen LogP contribution in [-0.4, -0.2) is 37.0 Å². The molecule has 0 saturated heterocycles. The first kappa shape index (κ1) is 23.8. The number of ether oxygens (including phenoxy) is 3. The Morgan fingerprint density at radius 3 is 2.69 bits per heavy atom. The molecular weight excluding hydrogens is 440 g/mol. The summed E-state index contributed by atoms with van der Waals surface area (Å²) in [5.74, 6) is 4.43. The number of fused-ring (bicyclic) bond motifs is 6. The van der Waals surface area contributed by atoms with Gasteiger partial charge in [0, 0.05) is 25.2 Å². The van der Waals surface area contributed by atoms with Crippen molar-refractivity contribution in [3.63, 3.8) is 0 Å². The van der Waals surface area contributed by atoms with Gasteiger partial charge in [-0.05, 0) is 124 Å². The normalized spacial score (nSPS) is 43.8. The number of rotatable bonds is 5. The van der Waals surface area contributed by atoms with Crippen molar-refractivity contribution in [1.29, 1.82) is 0 Å². The third kappa shape index (κ3) is 3.67. The fourth-order valence-corrected chi connectivity index (χ4v) is 9.71. The molecule has 1 heterocycles. The van der Waals surface area contributed by atoms with Crippen molar-refractivity contribution >= 4 is 5.78 Å². The third-order valence-electron chi connectivity index (χ3n) is 11.4. The number of ketones is 1. The van der Waals surface area contributed by atoms with Crippen LogP contribution < -0.4 is 9.47 Å². The van der Waals surface area contributed by atoms with E-state index in [1.807, 2.05) is 32.2 Å². The molecule has 4 aliphatic carbocycles. The van der Waals surface area contributed by atoms with Crippen LogP contribution >= 0.6 is 0 Å². The molecule has 5 aliphatic rings. The first-order valence-electron chi connectivity index (χ1n) is 13.9. The number of Topliss-reactive ketones (excluding diaryl/α,β-unsaturated/α-hetero) is 1. The van der Waals surface area contributed by atoms with Crippen LogP contribution in [0.25, 0.3) is 0 Å². The molecule has 192 valence electrons. The zero-order valence-electron chi connectivity index (χ0n) is 21.7. The maximum atomic E-state index is 13.8. The molecule has 1 aromatic carbocycles. The molecule has 0 spiro atoms. The van der Waals surface area contributed by atoms with E-state index in [1.54, 1.807) is 0 Å². The van der Waals surface area contributed by atoms with Gasteiger partial charge in [0.2, 0.25) is 6.79 Å². The van der Waals surface area contributed by atoms with E-state index in [4.69, 9.17) is 14.2 Å². The first-order valence-corrected chi connectivity index (χ1v) is 13.9. The van der Waals surface area contributed by atoms with Gasteiger partial charge in [0.05, 0.1) is 5.60 Å². The van der Waals surface area contributed by atoms with Crippen LogP contribution in [0.3, 0.4) is 0 Å². The number of hydrogen-bond donors (Lipinski definition) is 1. The van der Waals surface area contributed by atoms with Crippen molar-refractivity contribution in [1.82, 2.24) is 0 Å². The van der Waals surface area contributed by atoms with Crippen molar-refractivity contribution in [2.75, 3.05) is 20.5 Å². The summed E-state index contributed by atoms with van der Waals surface area (Å²) in [6.07, 6.45) is 11.1. The van der Waals surface area contributed by atoms with Crippen LogP contribution in [0, 0.1) is 40.4 Å². The third-order valence-corrected chi connectivity index (χ3v) is 11.4. The molecule has 0 amide bonds. The van der Waals surface area contributed by atoms with E-state index < -0.39 is 5.60 Å². The van der Waals surface area contributed by atoms with Crippen LogP contribution in [0.2, 0.25) is 0 Å². The van der Waals surface area contributed by atoms with E-state index in [-0.39, 0.29) is 18.1 Å². The molecule has 4 saturated carbocycles. The van der Waals surface area contributed by atoms with E-state index in [2.05, 4.69) is 6.92 Å². The number of benzene rings is 1. The summed E-state index contributed by atoms with van der Waals surface area (Å²) in [7, 11) is 1.83. The highest BCUT2D eigenvalue weighted by molar-refractivity contribution is 5.99. The number of hydrogen-bond acceptors (Lipinski definition) is 5. The van der Waals surface area contributed by atoms with Gasteiger partial charge in [-0.2, -0.15) is 0 Å². The van der Waals surface area contributed by atoms with Crippen molar-refractivity contribution in [3.05, 3.63) is 23.8 Å². The van der Waals surface area contributed by atoms with E-state index in [1.165, 1.54) is 25.7 Å². The molecule has 1 aromatic rings. The van der Waals surface area contributed by atoms with Crippen molar-refractivity contribution in [3.8, 4) is 11.5 Å². The average molecular weight is 483 g/mol. The smallest absolute Gasteiger partial charge is 0.231 e. The minimum atomic E-state index is -0.521. The van der Waals surface area contributed by atoms with Gasteiger partial charge in [0.25, 0.3) is 0 Å². The predicted molar refractivity (Wildman–Crippen MR) is 134 cm³/mol. The lowest BCUT2D eigenvalue weighted by Crippen LogP contribution is -2.57. The van der Waals surface area contributed by atoms with E-state index in [0.29, 0.717) is 40.6 Å². The SMILES string of the molecule is COCC[C@]12CC[C@@](C)(O)C[C@@H]1CC[C@H]1[C@@H]3CC[C@H](C(=O)c4ccc5c(c4)OCO5)[C@@]3(C)CC[C@@H]12. The lowest BCUT2D eigenvalue weighted by atomic mass is 9.42. The maximum absolute atomic E-state index is 13.8. The minimum Gasteiger partial charge on any atom is -0.454 e. The molecule has 8 atom stereocenters. The Balaban J connectivity index is 1.26. The van der Waals surface area contributed by atoms with Crippen LogP contribution in [0.4, 0.5) is 0 Å². The molecular formula is C30H42O5. The Labute approximate surface area is 209 Å². The van der Waals surface area contributed by atoms with Gasteiger partial charge < -0.3 is 19.3 Å². The van der Waals surface area contributed by atoms with E-state index in [9.17, 15) is 9.90 Å². The van der Waals surface area contributed by atoms with Gasteiger partial charge in [-0.15, -0.1) is 0 Å². The summed E-state index contributed by atoms with van der Waals surface area (Å²) in [6.45, 7) is 5.52. The van der Waals surface area contributed by atoms with E-state index >= 15 is 0 Å². The molecule has 5 heteroatoms. The Morgan fingerprint density at radius 2 is 1.86 bits per heavy atom. The van der Waals surface area contributed by atoms with Crippen molar-refractivity contribution < 1.29 is 24.1 Å². The summed E-state index contributed by atoms with van der Waals surface area (Å²) < 4.78 is 16.6. The molecule has 0 bridgehead atoms.